The number of carbonyl (C=O) groups is 1. The highest BCUT2D eigenvalue weighted by atomic mass is 16.7. The minimum absolute atomic E-state index is 0.0239. The Bertz CT molecular complexity index is 256. The van der Waals surface area contributed by atoms with E-state index in [9.17, 15) is 4.79 Å². The minimum atomic E-state index is 0.0239. The summed E-state index contributed by atoms with van der Waals surface area (Å²) in [5.74, 6) is 0.154. The van der Waals surface area contributed by atoms with Crippen LogP contribution in [0.15, 0.2) is 0 Å². The third-order valence-electron chi connectivity index (χ3n) is 4.11. The molecule has 2 fully saturated rings. The maximum Gasteiger partial charge on any atom is 0.247 e. The molecule has 4 nitrogen and oxygen atoms in total. The normalized spacial score (nSPS) is 24.6. The maximum atomic E-state index is 12.2. The van der Waals surface area contributed by atoms with Crippen LogP contribution in [0.25, 0.3) is 0 Å². The van der Waals surface area contributed by atoms with Crippen molar-refractivity contribution in [2.75, 3.05) is 20.2 Å². The molecule has 1 saturated carbocycles. The molecule has 1 amide bonds. The predicted octanol–water partition coefficient (Wildman–Crippen LogP) is 1.85. The zero-order chi connectivity index (χ0) is 12.1. The van der Waals surface area contributed by atoms with Gasteiger partial charge in [0.25, 0.3) is 0 Å². The lowest BCUT2D eigenvalue weighted by Crippen LogP contribution is -2.49. The summed E-state index contributed by atoms with van der Waals surface area (Å²) in [5, 5.41) is 4.96. The first-order valence-corrected chi connectivity index (χ1v) is 6.88. The van der Waals surface area contributed by atoms with E-state index in [1.54, 1.807) is 5.06 Å². The Labute approximate surface area is 104 Å². The number of nitrogens with zero attached hydrogens (tertiary/aromatic N) is 1. The van der Waals surface area contributed by atoms with Crippen molar-refractivity contribution >= 4 is 5.91 Å². The molecule has 17 heavy (non-hydrogen) atoms. The molecule has 0 aromatic heterocycles. The van der Waals surface area contributed by atoms with Gasteiger partial charge in [-0.1, -0.05) is 19.3 Å². The quantitative estimate of drug-likeness (QED) is 0.818. The molecule has 0 aromatic carbocycles. The van der Waals surface area contributed by atoms with Gasteiger partial charge in [0, 0.05) is 18.5 Å². The van der Waals surface area contributed by atoms with Gasteiger partial charge >= 0.3 is 0 Å². The molecule has 98 valence electrons. The van der Waals surface area contributed by atoms with Crippen LogP contribution in [0.1, 0.15) is 51.4 Å². The third-order valence-corrected chi connectivity index (χ3v) is 4.11. The summed E-state index contributed by atoms with van der Waals surface area (Å²) in [4.78, 5) is 17.6. The second-order valence-electron chi connectivity index (χ2n) is 5.30. The second-order valence-corrected chi connectivity index (χ2v) is 5.30. The van der Waals surface area contributed by atoms with Crippen molar-refractivity contribution < 1.29 is 9.63 Å². The van der Waals surface area contributed by atoms with Crippen LogP contribution in [0, 0.1) is 0 Å². The van der Waals surface area contributed by atoms with Gasteiger partial charge in [-0.05, 0) is 32.7 Å². The van der Waals surface area contributed by atoms with Crippen LogP contribution in [0.2, 0.25) is 0 Å². The Kier molecular flexibility index (Phi) is 4.40. The van der Waals surface area contributed by atoms with E-state index in [-0.39, 0.29) is 11.4 Å². The fourth-order valence-electron chi connectivity index (χ4n) is 2.91. The second kappa shape index (κ2) is 5.83. The molecule has 0 radical (unpaired) electrons. The highest BCUT2D eigenvalue weighted by molar-refractivity contribution is 5.76. The van der Waals surface area contributed by atoms with E-state index < -0.39 is 0 Å². The molecule has 1 aliphatic carbocycles. The van der Waals surface area contributed by atoms with Crippen molar-refractivity contribution in [1.29, 1.82) is 0 Å². The molecule has 1 heterocycles. The molecule has 1 saturated heterocycles. The summed E-state index contributed by atoms with van der Waals surface area (Å²) in [5.41, 5.74) is 0.0239. The average Bonchev–Trinajstić information content (AvgIpc) is 2.41. The van der Waals surface area contributed by atoms with Crippen LogP contribution in [0.4, 0.5) is 0 Å². The standard InChI is InChI=1S/C13H24N2O2/c1-14-13(7-3-2-4-8-13)11-12(16)15-9-5-6-10-17-15/h14H,2-11H2,1H3. The van der Waals surface area contributed by atoms with Crippen LogP contribution in [-0.2, 0) is 9.63 Å². The molecule has 1 N–H and O–H groups in total. The number of nitrogens with one attached hydrogen (secondary N) is 1. The third kappa shape index (κ3) is 3.19. The van der Waals surface area contributed by atoms with Gasteiger partial charge in [-0.2, -0.15) is 0 Å². The molecule has 4 heteroatoms. The van der Waals surface area contributed by atoms with Crippen molar-refractivity contribution in [3.63, 3.8) is 0 Å². The summed E-state index contributed by atoms with van der Waals surface area (Å²) < 4.78 is 0. The van der Waals surface area contributed by atoms with E-state index in [0.29, 0.717) is 13.0 Å². The number of hydrogen-bond donors (Lipinski definition) is 1. The van der Waals surface area contributed by atoms with Gasteiger partial charge in [-0.25, -0.2) is 5.06 Å². The fraction of sp³-hybridized carbons (Fsp3) is 0.923. The predicted molar refractivity (Wildman–Crippen MR) is 66.4 cm³/mol. The van der Waals surface area contributed by atoms with Gasteiger partial charge in [0.05, 0.1) is 6.61 Å². The van der Waals surface area contributed by atoms with Gasteiger partial charge in [0.15, 0.2) is 0 Å². The molecule has 0 atom stereocenters. The van der Waals surface area contributed by atoms with Gasteiger partial charge in [0.2, 0.25) is 5.91 Å². The molecular weight excluding hydrogens is 216 g/mol. The molecule has 2 aliphatic rings. The number of hydroxylamine groups is 2. The SMILES string of the molecule is CNC1(CC(=O)N2CCCCO2)CCCCC1. The van der Waals surface area contributed by atoms with Crippen molar-refractivity contribution in [2.45, 2.75) is 56.9 Å². The zero-order valence-electron chi connectivity index (χ0n) is 10.8. The smallest absolute Gasteiger partial charge is 0.247 e. The summed E-state index contributed by atoms with van der Waals surface area (Å²) >= 11 is 0. The Morgan fingerprint density at radius 1 is 1.24 bits per heavy atom. The summed E-state index contributed by atoms with van der Waals surface area (Å²) in [7, 11) is 1.98. The van der Waals surface area contributed by atoms with Gasteiger partial charge < -0.3 is 5.32 Å². The fourth-order valence-corrected chi connectivity index (χ4v) is 2.91. The first-order valence-electron chi connectivity index (χ1n) is 6.88. The van der Waals surface area contributed by atoms with Gasteiger partial charge in [-0.15, -0.1) is 0 Å². The van der Waals surface area contributed by atoms with Crippen LogP contribution in [0.3, 0.4) is 0 Å². The molecule has 1 aliphatic heterocycles. The van der Waals surface area contributed by atoms with Crippen molar-refractivity contribution in [3.05, 3.63) is 0 Å². The lowest BCUT2D eigenvalue weighted by molar-refractivity contribution is -0.198. The first kappa shape index (κ1) is 12.8. The monoisotopic (exact) mass is 240 g/mol. The molecule has 0 unspecified atom stereocenters. The molecular formula is C13H24N2O2. The lowest BCUT2D eigenvalue weighted by atomic mass is 9.79. The largest absolute Gasteiger partial charge is 0.314 e. The Morgan fingerprint density at radius 2 is 2.00 bits per heavy atom. The maximum absolute atomic E-state index is 12.2. The Balaban J connectivity index is 1.90. The number of rotatable bonds is 3. The molecule has 0 bridgehead atoms. The molecule has 0 spiro atoms. The van der Waals surface area contributed by atoms with Crippen molar-refractivity contribution in [1.82, 2.24) is 10.4 Å². The van der Waals surface area contributed by atoms with E-state index in [0.717, 1.165) is 32.2 Å². The summed E-state index contributed by atoms with van der Waals surface area (Å²) in [6.07, 6.45) is 8.72. The number of carbonyl (C=O) groups excluding carboxylic acids is 1. The first-order chi connectivity index (χ1) is 8.26. The summed E-state index contributed by atoms with van der Waals surface area (Å²) in [6.45, 7) is 1.46. The van der Waals surface area contributed by atoms with Crippen LogP contribution >= 0.6 is 0 Å². The number of hydrogen-bond acceptors (Lipinski definition) is 3. The lowest BCUT2D eigenvalue weighted by Gasteiger charge is -2.38. The highest BCUT2D eigenvalue weighted by Gasteiger charge is 2.34. The van der Waals surface area contributed by atoms with Gasteiger partial charge in [0.1, 0.15) is 0 Å². The highest BCUT2D eigenvalue weighted by Crippen LogP contribution is 2.31. The number of amides is 1. The molecule has 0 aromatic rings. The Morgan fingerprint density at radius 3 is 2.59 bits per heavy atom. The van der Waals surface area contributed by atoms with Crippen LogP contribution in [0.5, 0.6) is 0 Å². The van der Waals surface area contributed by atoms with E-state index in [1.807, 2.05) is 7.05 Å². The van der Waals surface area contributed by atoms with Crippen LogP contribution < -0.4 is 5.32 Å². The van der Waals surface area contributed by atoms with Crippen molar-refractivity contribution in [2.24, 2.45) is 0 Å². The topological polar surface area (TPSA) is 41.6 Å². The van der Waals surface area contributed by atoms with E-state index in [4.69, 9.17) is 4.84 Å². The minimum Gasteiger partial charge on any atom is -0.314 e. The van der Waals surface area contributed by atoms with E-state index >= 15 is 0 Å². The average molecular weight is 240 g/mol. The van der Waals surface area contributed by atoms with Crippen molar-refractivity contribution in [3.8, 4) is 0 Å². The Hall–Kier alpha value is -0.610. The zero-order valence-corrected chi connectivity index (χ0v) is 10.8. The van der Waals surface area contributed by atoms with E-state index in [2.05, 4.69) is 5.32 Å². The van der Waals surface area contributed by atoms with E-state index in [1.165, 1.54) is 19.3 Å². The van der Waals surface area contributed by atoms with Crippen LogP contribution in [-0.4, -0.2) is 36.7 Å². The molecule has 2 rings (SSSR count). The van der Waals surface area contributed by atoms with Gasteiger partial charge in [-0.3, -0.25) is 9.63 Å². The summed E-state index contributed by atoms with van der Waals surface area (Å²) in [6, 6.07) is 0.